The van der Waals surface area contributed by atoms with Crippen molar-refractivity contribution in [2.75, 3.05) is 0 Å². The van der Waals surface area contributed by atoms with Crippen LogP contribution in [-0.4, -0.2) is 29.9 Å². The topological polar surface area (TPSA) is 77.3 Å². The van der Waals surface area contributed by atoms with E-state index in [-0.39, 0.29) is 11.8 Å². The van der Waals surface area contributed by atoms with Crippen molar-refractivity contribution in [3.8, 4) is 68.1 Å². The van der Waals surface area contributed by atoms with Gasteiger partial charge in [-0.05, 0) is 63.7 Å². The first-order valence-electron chi connectivity index (χ1n) is 18.8. The predicted octanol–water partition coefficient (Wildman–Crippen LogP) is 11.0. The maximum absolute atomic E-state index is 5.16. The number of rotatable bonds is 6. The third-order valence-corrected chi connectivity index (χ3v) is 11.0. The van der Waals surface area contributed by atoms with E-state index in [9.17, 15) is 0 Å². The Hall–Kier alpha value is -7.44. The van der Waals surface area contributed by atoms with E-state index in [0.717, 1.165) is 44.8 Å². The zero-order valence-corrected chi connectivity index (χ0v) is 30.2. The summed E-state index contributed by atoms with van der Waals surface area (Å²) < 4.78 is 0. The predicted molar refractivity (Wildman–Crippen MR) is 221 cm³/mol. The molecule has 3 heterocycles. The van der Waals surface area contributed by atoms with Gasteiger partial charge in [-0.3, -0.25) is 4.98 Å². The van der Waals surface area contributed by atoms with E-state index >= 15 is 0 Å². The minimum absolute atomic E-state index is 0.0666. The Bertz CT molecular complexity index is 2600. The van der Waals surface area contributed by atoms with Crippen molar-refractivity contribution in [3.63, 3.8) is 0 Å². The van der Waals surface area contributed by atoms with Gasteiger partial charge >= 0.3 is 0 Å². The maximum Gasteiger partial charge on any atom is 0.164 e. The Morgan fingerprint density at radius 1 is 0.268 bits per heavy atom. The quantitative estimate of drug-likeness (QED) is 0.170. The van der Waals surface area contributed by atoms with Crippen molar-refractivity contribution in [2.45, 2.75) is 11.8 Å². The Morgan fingerprint density at radius 3 is 1.18 bits per heavy atom. The van der Waals surface area contributed by atoms with Crippen LogP contribution in [0.4, 0.5) is 0 Å². The van der Waals surface area contributed by atoms with Gasteiger partial charge in [0, 0.05) is 57.6 Å². The van der Waals surface area contributed by atoms with Gasteiger partial charge in [0.1, 0.15) is 0 Å². The lowest BCUT2D eigenvalue weighted by Crippen LogP contribution is -2.27. The van der Waals surface area contributed by atoms with Crippen LogP contribution in [0.2, 0.25) is 0 Å². The normalized spacial score (nSPS) is 14.8. The second kappa shape index (κ2) is 13.1. The fraction of sp³-hybridized carbons (Fsp3) is 0.0400. The molecule has 2 atom stereocenters. The van der Waals surface area contributed by atoms with E-state index in [2.05, 4.69) is 83.8 Å². The molecule has 0 fully saturated rings. The van der Waals surface area contributed by atoms with Crippen LogP contribution in [0, 0.1) is 0 Å². The van der Waals surface area contributed by atoms with Crippen molar-refractivity contribution in [1.82, 2.24) is 29.9 Å². The Labute approximate surface area is 324 Å². The van der Waals surface area contributed by atoms with Crippen LogP contribution in [0.15, 0.2) is 182 Å². The zero-order valence-electron chi connectivity index (χ0n) is 30.2. The SMILES string of the molecule is c1ccc(-c2nc(-c3ccncc3)cc(-c3ccc4c(c3)C3c5ccccc5C4c4cc(-c5nc(-c6ccccc6)nc(-c6ccccc6)n5)ccc43)n2)cc1. The van der Waals surface area contributed by atoms with Crippen molar-refractivity contribution < 1.29 is 0 Å². The molecule has 0 N–H and O–H groups in total. The molecule has 0 radical (unpaired) electrons. The number of nitrogens with zero attached hydrogens (tertiary/aromatic N) is 6. The molecule has 12 rings (SSSR count). The summed E-state index contributed by atoms with van der Waals surface area (Å²) in [6.07, 6.45) is 3.61. The molecule has 3 aliphatic carbocycles. The molecule has 0 saturated carbocycles. The van der Waals surface area contributed by atoms with Crippen molar-refractivity contribution in [1.29, 1.82) is 0 Å². The van der Waals surface area contributed by atoms with Crippen molar-refractivity contribution in [3.05, 3.63) is 216 Å². The summed E-state index contributed by atoms with van der Waals surface area (Å²) in [5.41, 5.74) is 15.6. The van der Waals surface area contributed by atoms with E-state index in [4.69, 9.17) is 24.9 Å². The largest absolute Gasteiger partial charge is 0.265 e. The second-order valence-electron chi connectivity index (χ2n) is 14.3. The lowest BCUT2D eigenvalue weighted by Gasteiger charge is -2.42. The number of aromatic nitrogens is 6. The molecule has 3 aromatic heterocycles. The van der Waals surface area contributed by atoms with E-state index in [1.165, 1.54) is 33.4 Å². The van der Waals surface area contributed by atoms with Gasteiger partial charge in [-0.25, -0.2) is 24.9 Å². The summed E-state index contributed by atoms with van der Waals surface area (Å²) in [6, 6.07) is 59.2. The average molecular weight is 717 g/mol. The highest BCUT2D eigenvalue weighted by Gasteiger charge is 2.41. The second-order valence-corrected chi connectivity index (χ2v) is 14.3. The van der Waals surface area contributed by atoms with Crippen LogP contribution in [0.3, 0.4) is 0 Å². The Balaban J connectivity index is 1.05. The minimum Gasteiger partial charge on any atom is -0.265 e. The van der Waals surface area contributed by atoms with Crippen molar-refractivity contribution in [2.24, 2.45) is 0 Å². The molecule has 6 nitrogen and oxygen atoms in total. The fourth-order valence-corrected chi connectivity index (χ4v) is 8.44. The molecule has 0 spiro atoms. The number of hydrogen-bond donors (Lipinski definition) is 0. The number of pyridine rings is 1. The van der Waals surface area contributed by atoms with E-state index < -0.39 is 0 Å². The Kier molecular flexibility index (Phi) is 7.52. The first-order chi connectivity index (χ1) is 27.7. The molecule has 56 heavy (non-hydrogen) atoms. The van der Waals surface area contributed by atoms with Gasteiger partial charge in [0.25, 0.3) is 0 Å². The van der Waals surface area contributed by atoms with E-state index in [1.54, 1.807) is 12.4 Å². The molecule has 2 unspecified atom stereocenters. The molecule has 3 aliphatic rings. The zero-order chi connectivity index (χ0) is 37.0. The summed E-state index contributed by atoms with van der Waals surface area (Å²) in [5.74, 6) is 2.81. The highest BCUT2D eigenvalue weighted by atomic mass is 15.0. The molecule has 2 bridgehead atoms. The molecule has 0 aliphatic heterocycles. The summed E-state index contributed by atoms with van der Waals surface area (Å²) in [7, 11) is 0. The monoisotopic (exact) mass is 716 g/mol. The molecular weight excluding hydrogens is 685 g/mol. The summed E-state index contributed by atoms with van der Waals surface area (Å²) >= 11 is 0. The van der Waals surface area contributed by atoms with Crippen LogP contribution in [0.5, 0.6) is 0 Å². The van der Waals surface area contributed by atoms with Gasteiger partial charge in [0.2, 0.25) is 0 Å². The standard InChI is InChI=1S/C50H32N6/c1-4-12-32(13-5-1)47-52-43(31-24-26-51-27-25-31)30-44(53-47)35-20-22-39-41(28-35)45-37-18-10-11-19-38(37)46(39)42-29-36(21-23-40(42)45)50-55-48(33-14-6-2-7-15-33)54-49(56-50)34-16-8-3-9-17-34/h1-30,45-46H. The lowest BCUT2D eigenvalue weighted by atomic mass is 9.60. The lowest BCUT2D eigenvalue weighted by molar-refractivity contribution is 0.754. The maximum atomic E-state index is 5.16. The molecule has 6 aromatic carbocycles. The Morgan fingerprint density at radius 2 is 0.661 bits per heavy atom. The van der Waals surface area contributed by atoms with Crippen LogP contribution >= 0.6 is 0 Å². The van der Waals surface area contributed by atoms with Gasteiger partial charge in [-0.1, -0.05) is 140 Å². The molecule has 0 saturated heterocycles. The molecule has 6 heteroatoms. The minimum atomic E-state index is 0.0666. The first-order valence-corrected chi connectivity index (χ1v) is 18.8. The first kappa shape index (κ1) is 32.0. The summed E-state index contributed by atoms with van der Waals surface area (Å²) in [5, 5.41) is 0. The van der Waals surface area contributed by atoms with E-state index in [1.807, 2.05) is 91.0 Å². The summed E-state index contributed by atoms with van der Waals surface area (Å²) in [6.45, 7) is 0. The summed E-state index contributed by atoms with van der Waals surface area (Å²) in [4.78, 5) is 29.5. The van der Waals surface area contributed by atoms with Crippen molar-refractivity contribution >= 4 is 0 Å². The highest BCUT2D eigenvalue weighted by Crippen LogP contribution is 2.56. The number of hydrogen-bond acceptors (Lipinski definition) is 6. The molecule has 0 amide bonds. The van der Waals surface area contributed by atoms with Crippen LogP contribution in [-0.2, 0) is 0 Å². The van der Waals surface area contributed by atoms with Crippen LogP contribution in [0.25, 0.3) is 68.1 Å². The van der Waals surface area contributed by atoms with Crippen LogP contribution < -0.4 is 0 Å². The van der Waals surface area contributed by atoms with Gasteiger partial charge in [-0.2, -0.15) is 0 Å². The molecule has 262 valence electrons. The van der Waals surface area contributed by atoms with Gasteiger partial charge in [-0.15, -0.1) is 0 Å². The average Bonchev–Trinajstić information content (AvgIpc) is 3.29. The van der Waals surface area contributed by atoms with Gasteiger partial charge in [0.05, 0.1) is 11.4 Å². The van der Waals surface area contributed by atoms with Gasteiger partial charge < -0.3 is 0 Å². The smallest absolute Gasteiger partial charge is 0.164 e. The fourth-order valence-electron chi connectivity index (χ4n) is 8.44. The molecule has 9 aromatic rings. The van der Waals surface area contributed by atoms with E-state index in [0.29, 0.717) is 23.3 Å². The third-order valence-electron chi connectivity index (χ3n) is 11.0. The molecular formula is C50H32N6. The third kappa shape index (κ3) is 5.42. The van der Waals surface area contributed by atoms with Crippen LogP contribution in [0.1, 0.15) is 45.2 Å². The highest BCUT2D eigenvalue weighted by molar-refractivity contribution is 5.77. The number of benzene rings is 6. The van der Waals surface area contributed by atoms with Gasteiger partial charge in [0.15, 0.2) is 23.3 Å².